The van der Waals surface area contributed by atoms with Gasteiger partial charge in [-0.05, 0) is 75.3 Å². The van der Waals surface area contributed by atoms with E-state index < -0.39 is 5.41 Å². The van der Waals surface area contributed by atoms with Crippen LogP contribution in [0.1, 0.15) is 59.1 Å². The molecule has 170 valence electrons. The Bertz CT molecular complexity index is 1190. The SMILES string of the molecule is CCSc1ccc(CC(=O)Nc2ccc3c(n2)CCC(C)(c2cc(C)nc(C)n2)C3=O)cc1. The molecule has 6 nitrogen and oxygen atoms in total. The number of nitrogens with zero attached hydrogens (tertiary/aromatic N) is 3. The largest absolute Gasteiger partial charge is 0.310 e. The number of nitrogens with one attached hydrogen (secondary N) is 1. The Kier molecular flexibility index (Phi) is 6.61. The van der Waals surface area contributed by atoms with Crippen LogP contribution in [0.15, 0.2) is 47.4 Å². The van der Waals surface area contributed by atoms with Crippen LogP contribution >= 0.6 is 11.8 Å². The molecule has 0 fully saturated rings. The summed E-state index contributed by atoms with van der Waals surface area (Å²) in [6.07, 6.45) is 1.53. The van der Waals surface area contributed by atoms with Crippen molar-refractivity contribution in [3.63, 3.8) is 0 Å². The Morgan fingerprint density at radius 3 is 2.55 bits per heavy atom. The minimum Gasteiger partial charge on any atom is -0.310 e. The van der Waals surface area contributed by atoms with Crippen LogP contribution in [0.25, 0.3) is 0 Å². The van der Waals surface area contributed by atoms with Gasteiger partial charge in [0.15, 0.2) is 5.78 Å². The lowest BCUT2D eigenvalue weighted by atomic mass is 9.71. The zero-order valence-corrected chi connectivity index (χ0v) is 20.3. The quantitative estimate of drug-likeness (QED) is 0.529. The maximum Gasteiger partial charge on any atom is 0.229 e. The number of Topliss-reactive ketones (excluding diaryl/α,β-unsaturated/α-hetero) is 1. The van der Waals surface area contributed by atoms with Crippen molar-refractivity contribution in [3.05, 3.63) is 76.5 Å². The first-order valence-electron chi connectivity index (χ1n) is 11.2. The molecule has 1 N–H and O–H groups in total. The molecule has 2 aromatic heterocycles. The highest BCUT2D eigenvalue weighted by molar-refractivity contribution is 7.99. The fourth-order valence-electron chi connectivity index (χ4n) is 4.23. The van der Waals surface area contributed by atoms with E-state index in [-0.39, 0.29) is 18.1 Å². The number of carbonyl (C=O) groups is 2. The number of hydrogen-bond acceptors (Lipinski definition) is 6. The Labute approximate surface area is 198 Å². The molecule has 1 unspecified atom stereocenters. The zero-order chi connectivity index (χ0) is 23.6. The minimum atomic E-state index is -0.708. The molecule has 1 aliphatic carbocycles. The molecule has 0 bridgehead atoms. The summed E-state index contributed by atoms with van der Waals surface area (Å²) in [6, 6.07) is 13.4. The smallest absolute Gasteiger partial charge is 0.229 e. The van der Waals surface area contributed by atoms with Gasteiger partial charge >= 0.3 is 0 Å². The van der Waals surface area contributed by atoms with E-state index in [0.717, 1.165) is 28.4 Å². The van der Waals surface area contributed by atoms with E-state index in [1.807, 2.05) is 51.1 Å². The van der Waals surface area contributed by atoms with E-state index in [9.17, 15) is 9.59 Å². The van der Waals surface area contributed by atoms with Gasteiger partial charge in [0.25, 0.3) is 0 Å². The first-order chi connectivity index (χ1) is 15.8. The summed E-state index contributed by atoms with van der Waals surface area (Å²) in [5.41, 5.74) is 3.17. The number of aromatic nitrogens is 3. The van der Waals surface area contributed by atoms with Gasteiger partial charge in [0, 0.05) is 16.2 Å². The number of amides is 1. The molecule has 4 rings (SSSR count). The molecule has 1 atom stereocenters. The Morgan fingerprint density at radius 1 is 1.09 bits per heavy atom. The average Bonchev–Trinajstić information content (AvgIpc) is 2.77. The lowest BCUT2D eigenvalue weighted by Crippen LogP contribution is -2.39. The number of hydrogen-bond donors (Lipinski definition) is 1. The van der Waals surface area contributed by atoms with Crippen LogP contribution in [-0.2, 0) is 23.1 Å². The van der Waals surface area contributed by atoms with Crippen LogP contribution in [0, 0.1) is 13.8 Å². The van der Waals surface area contributed by atoms with Crippen LogP contribution < -0.4 is 5.32 Å². The molecule has 0 aliphatic heterocycles. The number of fused-ring (bicyclic) bond motifs is 1. The number of rotatable bonds is 6. The van der Waals surface area contributed by atoms with Gasteiger partial charge in [-0.1, -0.05) is 19.1 Å². The number of thioether (sulfide) groups is 1. The molecule has 7 heteroatoms. The van der Waals surface area contributed by atoms with Crippen molar-refractivity contribution in [2.45, 2.75) is 57.3 Å². The molecule has 1 aromatic carbocycles. The first kappa shape index (κ1) is 23.1. The second-order valence-electron chi connectivity index (χ2n) is 8.60. The highest BCUT2D eigenvalue weighted by atomic mass is 32.2. The van der Waals surface area contributed by atoms with Crippen LogP contribution in [0.4, 0.5) is 5.82 Å². The third kappa shape index (κ3) is 4.98. The molecule has 0 radical (unpaired) electrons. The Morgan fingerprint density at radius 2 is 1.85 bits per heavy atom. The van der Waals surface area contributed by atoms with Crippen LogP contribution in [0.2, 0.25) is 0 Å². The van der Waals surface area contributed by atoms with Crippen molar-refractivity contribution in [1.82, 2.24) is 15.0 Å². The third-order valence-electron chi connectivity index (χ3n) is 5.98. The van der Waals surface area contributed by atoms with Gasteiger partial charge in [0.1, 0.15) is 11.6 Å². The van der Waals surface area contributed by atoms with Crippen molar-refractivity contribution in [1.29, 1.82) is 0 Å². The molecular formula is C26H28N4O2S. The normalized spacial score (nSPS) is 17.5. The van der Waals surface area contributed by atoms with Gasteiger partial charge in [-0.25, -0.2) is 15.0 Å². The Balaban J connectivity index is 1.48. The van der Waals surface area contributed by atoms with E-state index in [2.05, 4.69) is 27.2 Å². The average molecular weight is 461 g/mol. The summed E-state index contributed by atoms with van der Waals surface area (Å²) in [5, 5.41) is 2.88. The van der Waals surface area contributed by atoms with Gasteiger partial charge in [-0.2, -0.15) is 0 Å². The molecule has 0 saturated carbocycles. The maximum absolute atomic E-state index is 13.4. The van der Waals surface area contributed by atoms with Crippen LogP contribution in [0.5, 0.6) is 0 Å². The lowest BCUT2D eigenvalue weighted by Gasteiger charge is -2.32. The molecule has 3 aromatic rings. The number of benzene rings is 1. The van der Waals surface area contributed by atoms with Crippen molar-refractivity contribution in [2.75, 3.05) is 11.1 Å². The summed E-state index contributed by atoms with van der Waals surface area (Å²) in [7, 11) is 0. The van der Waals surface area contributed by atoms with Crippen molar-refractivity contribution >= 4 is 29.3 Å². The number of pyridine rings is 1. The maximum atomic E-state index is 13.4. The fourth-order valence-corrected chi connectivity index (χ4v) is 4.90. The molecule has 1 aliphatic rings. The number of ketones is 1. The van der Waals surface area contributed by atoms with Crippen molar-refractivity contribution in [2.24, 2.45) is 0 Å². The number of anilines is 1. The third-order valence-corrected chi connectivity index (χ3v) is 6.87. The molecule has 0 saturated heterocycles. The topological polar surface area (TPSA) is 84.8 Å². The van der Waals surface area contributed by atoms with Crippen molar-refractivity contribution < 1.29 is 9.59 Å². The highest BCUT2D eigenvalue weighted by Gasteiger charge is 2.42. The molecule has 0 spiro atoms. The van der Waals surface area contributed by atoms with Gasteiger partial charge in [0.05, 0.1) is 23.2 Å². The lowest BCUT2D eigenvalue weighted by molar-refractivity contribution is -0.115. The number of carbonyl (C=O) groups excluding carboxylic acids is 2. The van der Waals surface area contributed by atoms with E-state index in [1.165, 1.54) is 4.90 Å². The monoisotopic (exact) mass is 460 g/mol. The summed E-state index contributed by atoms with van der Waals surface area (Å²) in [6.45, 7) is 7.82. The minimum absolute atomic E-state index is 0.0108. The Hall–Kier alpha value is -3.06. The van der Waals surface area contributed by atoms with Gasteiger partial charge < -0.3 is 5.32 Å². The standard InChI is InChI=1S/C26H28N4O2S/c1-5-33-19-8-6-18(7-9-19)15-24(31)30-23-11-10-20-21(29-23)12-13-26(4,25(20)32)22-14-16(2)27-17(3)28-22/h6-11,14H,5,12-13,15H2,1-4H3,(H,29,30,31). The first-order valence-corrected chi connectivity index (χ1v) is 12.2. The zero-order valence-electron chi connectivity index (χ0n) is 19.4. The summed E-state index contributed by atoms with van der Waals surface area (Å²) < 4.78 is 0. The van der Waals surface area contributed by atoms with Gasteiger partial charge in [0.2, 0.25) is 5.91 Å². The van der Waals surface area contributed by atoms with Crippen LogP contribution in [-0.4, -0.2) is 32.4 Å². The fraction of sp³-hybridized carbons (Fsp3) is 0.346. The van der Waals surface area contributed by atoms with Gasteiger partial charge in [-0.15, -0.1) is 11.8 Å². The predicted octanol–water partition coefficient (Wildman–Crippen LogP) is 4.87. The number of aryl methyl sites for hydroxylation is 3. The van der Waals surface area contributed by atoms with E-state index >= 15 is 0 Å². The summed E-state index contributed by atoms with van der Waals surface area (Å²) in [4.78, 5) is 40.6. The highest BCUT2D eigenvalue weighted by Crippen LogP contribution is 2.37. The second kappa shape index (κ2) is 9.43. The van der Waals surface area contributed by atoms with Crippen molar-refractivity contribution in [3.8, 4) is 0 Å². The molecular weight excluding hydrogens is 432 g/mol. The van der Waals surface area contributed by atoms with E-state index in [1.54, 1.807) is 23.9 Å². The molecule has 1 amide bonds. The molecule has 33 heavy (non-hydrogen) atoms. The second-order valence-corrected chi connectivity index (χ2v) is 9.93. The predicted molar refractivity (Wildman–Crippen MR) is 131 cm³/mol. The van der Waals surface area contributed by atoms with Gasteiger partial charge in [-0.3, -0.25) is 9.59 Å². The molecule has 2 heterocycles. The summed E-state index contributed by atoms with van der Waals surface area (Å²) >= 11 is 1.77. The van der Waals surface area contributed by atoms with E-state index in [4.69, 9.17) is 0 Å². The van der Waals surface area contributed by atoms with E-state index in [0.29, 0.717) is 30.0 Å². The summed E-state index contributed by atoms with van der Waals surface area (Å²) in [5.74, 6) is 2.04. The van der Waals surface area contributed by atoms with Crippen LogP contribution in [0.3, 0.4) is 0 Å².